The molecule has 6 atom stereocenters. The average Bonchev–Trinajstić information content (AvgIpc) is 1.29. The lowest BCUT2D eigenvalue weighted by molar-refractivity contribution is -0.136. The Labute approximate surface area is 706 Å². The lowest BCUT2D eigenvalue weighted by Gasteiger charge is -2.38. The topological polar surface area (TPSA) is 235 Å². The maximum Gasteiger partial charge on any atom is 0.262 e. The normalized spacial score (nSPS) is 17.4. The summed E-state index contributed by atoms with van der Waals surface area (Å²) >= 11 is 0. The summed E-state index contributed by atoms with van der Waals surface area (Å²) < 4.78 is 52.7. The van der Waals surface area contributed by atoms with Gasteiger partial charge in [0.1, 0.15) is 58.1 Å². The standard InChI is InChI=1S/C100H92N8O14/c1-61-19-27-69(28-20-61)119-83-47-77-87-78(96(110)107(95(77)109)81(45-67-17-11-37-101-51-67)99(113)105(39-35-65-13-7-5-8-14-65)43-41-103(53-73-57-115-73)54-74-58-116-74)49-85(121-71-31-23-63(3)24-32-71)91-92-86(122-72-33-25-64(4)26-34-72)50-80-88-79(48-84(90(94(88)92)89(83)93(87)91)120-70-29-21-62(2)22-30-70)97(111)108(98(80)112)82(46-68-18-12-38-102-52-68)100(114)106(40-36-66-15-9-6-10-16-66)44-42-104(55-75-59-117-75)56-76-60-118-76/h5-34,37-38,47-52,73-76,81-82H,35-36,39-46,53-60H2,1-4H3. The number of hydrogen-bond donors (Lipinski definition) is 0. The summed E-state index contributed by atoms with van der Waals surface area (Å²) in [6, 6.07) is 60.6. The van der Waals surface area contributed by atoms with E-state index in [4.69, 9.17) is 37.9 Å². The van der Waals surface area contributed by atoms with Gasteiger partial charge in [0.25, 0.3) is 23.6 Å². The number of aryl methyl sites for hydroxylation is 4. The number of fused-ring (bicyclic) bond motifs is 2. The zero-order valence-corrected chi connectivity index (χ0v) is 68.4. The molecule has 22 heteroatoms. The van der Waals surface area contributed by atoms with Crippen molar-refractivity contribution in [3.8, 4) is 46.0 Å². The van der Waals surface area contributed by atoms with E-state index >= 15 is 28.8 Å². The lowest BCUT2D eigenvalue weighted by Crippen LogP contribution is -2.56. The summed E-state index contributed by atoms with van der Waals surface area (Å²) in [6.07, 6.45) is 7.49. The molecule has 13 aromatic rings. The van der Waals surface area contributed by atoms with Crippen molar-refractivity contribution < 1.29 is 66.7 Å². The van der Waals surface area contributed by atoms with E-state index < -0.39 is 47.5 Å². The molecule has 4 fully saturated rings. The number of pyridine rings is 2. The van der Waals surface area contributed by atoms with Crippen LogP contribution in [0.25, 0.3) is 43.1 Å². The molecule has 616 valence electrons. The van der Waals surface area contributed by atoms with Crippen LogP contribution in [0.1, 0.15) is 85.9 Å². The SMILES string of the molecule is Cc1ccc(Oc2cc3c4c(cc(Oc5ccc(C)cc5)c5c6c(Oc7ccc(C)cc7)cc7c8c(cc(Oc9ccc(C)cc9)c(c2c45)c86)C(=O)N(C(Cc2cccnc2)C(=O)N(CCc2ccccc2)CCN(CC2CO2)CC2CO2)C7=O)C(=O)N(C(Cc2cccnc2)C(=O)N(CCc2ccccc2)CCN(CC2CO2)CC2CO2)C3=O)cc1. The number of rotatable bonds is 36. The molecule has 2 aromatic heterocycles. The first-order chi connectivity index (χ1) is 59.5. The molecule has 0 aliphatic carbocycles. The second-order valence-electron chi connectivity index (χ2n) is 32.9. The molecule has 4 saturated heterocycles. The van der Waals surface area contributed by atoms with Crippen molar-refractivity contribution in [1.29, 1.82) is 0 Å². The van der Waals surface area contributed by atoms with Gasteiger partial charge in [-0.15, -0.1) is 0 Å². The Bertz CT molecular complexity index is 5490. The van der Waals surface area contributed by atoms with E-state index in [9.17, 15) is 0 Å². The Hall–Kier alpha value is -12.8. The summed E-state index contributed by atoms with van der Waals surface area (Å²) in [5, 5.41) is 2.18. The van der Waals surface area contributed by atoms with E-state index in [-0.39, 0.29) is 119 Å². The molecule has 0 radical (unpaired) electrons. The van der Waals surface area contributed by atoms with Crippen LogP contribution in [0, 0.1) is 27.7 Å². The van der Waals surface area contributed by atoms with Crippen LogP contribution >= 0.6 is 0 Å². The number of imide groups is 2. The monoisotopic (exact) mass is 1630 g/mol. The highest BCUT2D eigenvalue weighted by Gasteiger charge is 2.48. The minimum atomic E-state index is -1.46. The molecule has 19 rings (SSSR count). The number of epoxide rings is 4. The Balaban J connectivity index is 0.852. The first-order valence-electron chi connectivity index (χ1n) is 42.0. The summed E-state index contributed by atoms with van der Waals surface area (Å²) in [5.74, 6) is -2.21. The van der Waals surface area contributed by atoms with Crippen molar-refractivity contribution in [2.45, 2.75) is 89.9 Å². The summed E-state index contributed by atoms with van der Waals surface area (Å²) in [4.78, 5) is 121. The van der Waals surface area contributed by atoms with Gasteiger partial charge in [0, 0.05) is 146 Å². The molecule has 8 heterocycles. The van der Waals surface area contributed by atoms with Crippen molar-refractivity contribution in [3.63, 3.8) is 0 Å². The molecule has 6 unspecified atom stereocenters. The van der Waals surface area contributed by atoms with E-state index in [1.54, 1.807) is 71.0 Å². The number of aromatic nitrogens is 2. The third kappa shape index (κ3) is 16.9. The Morgan fingerprint density at radius 1 is 0.352 bits per heavy atom. The zero-order valence-electron chi connectivity index (χ0n) is 68.4. The van der Waals surface area contributed by atoms with Crippen molar-refractivity contribution in [3.05, 3.63) is 298 Å². The molecular formula is C100H92N8O14. The molecule has 6 aliphatic rings. The van der Waals surface area contributed by atoms with Gasteiger partial charge >= 0.3 is 0 Å². The Morgan fingerprint density at radius 3 is 0.893 bits per heavy atom. The maximum absolute atomic E-state index is 17.1. The largest absolute Gasteiger partial charge is 0.457 e. The summed E-state index contributed by atoms with van der Waals surface area (Å²) in [5.41, 5.74) is 7.01. The number of hydrogen-bond acceptors (Lipinski definition) is 18. The fourth-order valence-electron chi connectivity index (χ4n) is 17.2. The van der Waals surface area contributed by atoms with Crippen LogP contribution in [0.15, 0.2) is 231 Å². The average molecular weight is 1630 g/mol. The van der Waals surface area contributed by atoms with Gasteiger partial charge < -0.3 is 47.7 Å². The smallest absolute Gasteiger partial charge is 0.262 e. The zero-order chi connectivity index (χ0) is 83.2. The van der Waals surface area contributed by atoms with Gasteiger partial charge in [-0.05, 0) is 148 Å². The predicted octanol–water partition coefficient (Wildman–Crippen LogP) is 15.7. The van der Waals surface area contributed by atoms with Crippen LogP contribution < -0.4 is 18.9 Å². The van der Waals surface area contributed by atoms with Crippen molar-refractivity contribution in [2.75, 3.05) is 91.9 Å². The van der Waals surface area contributed by atoms with E-state index in [0.29, 0.717) is 145 Å². The van der Waals surface area contributed by atoms with Gasteiger partial charge in [0.2, 0.25) is 11.8 Å². The molecule has 122 heavy (non-hydrogen) atoms. The van der Waals surface area contributed by atoms with Crippen LogP contribution in [0.2, 0.25) is 0 Å². The third-order valence-corrected chi connectivity index (χ3v) is 23.9. The van der Waals surface area contributed by atoms with Crippen LogP contribution in [0.5, 0.6) is 46.0 Å². The minimum Gasteiger partial charge on any atom is -0.457 e. The molecule has 22 nitrogen and oxygen atoms in total. The summed E-state index contributed by atoms with van der Waals surface area (Å²) in [6.45, 7) is 14.8. The molecule has 11 aromatic carbocycles. The van der Waals surface area contributed by atoms with Crippen molar-refractivity contribution in [2.24, 2.45) is 0 Å². The van der Waals surface area contributed by atoms with E-state index in [0.717, 1.165) is 43.2 Å². The van der Waals surface area contributed by atoms with Gasteiger partial charge in [-0.2, -0.15) is 0 Å². The number of ether oxygens (including phenoxy) is 8. The predicted molar refractivity (Wildman–Crippen MR) is 462 cm³/mol. The first-order valence-corrected chi connectivity index (χ1v) is 42.0. The van der Waals surface area contributed by atoms with Crippen LogP contribution in [0.4, 0.5) is 0 Å². The van der Waals surface area contributed by atoms with Gasteiger partial charge in [0.05, 0.1) is 73.1 Å². The van der Waals surface area contributed by atoms with Gasteiger partial charge in [-0.25, -0.2) is 0 Å². The second-order valence-corrected chi connectivity index (χ2v) is 32.9. The fraction of sp³-hybridized carbons (Fsp3) is 0.280. The molecular weight excluding hydrogens is 1540 g/mol. The number of benzene rings is 11. The Morgan fingerprint density at radius 2 is 0.631 bits per heavy atom. The highest BCUT2D eigenvalue weighted by Crippen LogP contribution is 2.58. The van der Waals surface area contributed by atoms with Gasteiger partial charge in [0.15, 0.2) is 0 Å². The molecule has 0 bridgehead atoms. The fourth-order valence-corrected chi connectivity index (χ4v) is 17.2. The highest BCUT2D eigenvalue weighted by atomic mass is 16.6. The maximum atomic E-state index is 17.1. The molecule has 0 saturated carbocycles. The second kappa shape index (κ2) is 34.0. The van der Waals surface area contributed by atoms with Crippen LogP contribution in [-0.4, -0.2) is 203 Å². The molecule has 6 aliphatic heterocycles. The number of carbonyl (C=O) groups is 6. The van der Waals surface area contributed by atoms with E-state index in [1.165, 1.54) is 0 Å². The Kier molecular flexibility index (Phi) is 22.0. The van der Waals surface area contributed by atoms with Crippen LogP contribution in [-0.2, 0) is 54.2 Å². The first kappa shape index (κ1) is 79.0. The van der Waals surface area contributed by atoms with Crippen LogP contribution in [0.3, 0.4) is 0 Å². The van der Waals surface area contributed by atoms with Crippen molar-refractivity contribution in [1.82, 2.24) is 39.4 Å². The number of amides is 6. The highest BCUT2D eigenvalue weighted by molar-refractivity contribution is 6.45. The van der Waals surface area contributed by atoms with Crippen molar-refractivity contribution >= 4 is 78.5 Å². The quantitative estimate of drug-likeness (QED) is 0.0154. The molecule has 6 amide bonds. The number of nitrogens with zero attached hydrogens (tertiary/aromatic N) is 8. The molecule has 0 N–H and O–H groups in total. The lowest BCUT2D eigenvalue weighted by atomic mass is 9.80. The van der Waals surface area contributed by atoms with Gasteiger partial charge in [-0.3, -0.25) is 58.3 Å². The third-order valence-electron chi connectivity index (χ3n) is 23.9. The van der Waals surface area contributed by atoms with Gasteiger partial charge in [-0.1, -0.05) is 144 Å². The minimum absolute atomic E-state index is 0.0178. The summed E-state index contributed by atoms with van der Waals surface area (Å²) in [7, 11) is 0. The van der Waals surface area contributed by atoms with E-state index in [2.05, 4.69) is 19.8 Å². The van der Waals surface area contributed by atoms with E-state index in [1.807, 2.05) is 198 Å². The number of carbonyl (C=O) groups excluding carboxylic acids is 6. The molecule has 0 spiro atoms.